The van der Waals surface area contributed by atoms with Gasteiger partial charge in [0.2, 0.25) is 0 Å². The molecular weight excluding hydrogens is 408 g/mol. The van der Waals surface area contributed by atoms with Crippen molar-refractivity contribution in [3.63, 3.8) is 0 Å². The van der Waals surface area contributed by atoms with E-state index in [0.29, 0.717) is 10.9 Å². The molecule has 0 bridgehead atoms. The van der Waals surface area contributed by atoms with E-state index in [4.69, 9.17) is 21.0 Å². The van der Waals surface area contributed by atoms with E-state index >= 15 is 0 Å². The Balaban J connectivity index is 1.97. The topological polar surface area (TPSA) is 68.3 Å². The van der Waals surface area contributed by atoms with Crippen LogP contribution in [0.2, 0.25) is 5.02 Å². The maximum absolute atomic E-state index is 12.3. The molecule has 0 aliphatic rings. The summed E-state index contributed by atoms with van der Waals surface area (Å²) in [7, 11) is 0. The molecular formula is C22H15ClN2O3S. The van der Waals surface area contributed by atoms with Crippen molar-refractivity contribution in [2.45, 2.75) is 13.8 Å². The second-order valence-electron chi connectivity index (χ2n) is 6.91. The third-order valence-electron chi connectivity index (χ3n) is 4.88. The van der Waals surface area contributed by atoms with Gasteiger partial charge in [0, 0.05) is 46.6 Å². The molecule has 0 saturated carbocycles. The highest BCUT2D eigenvalue weighted by molar-refractivity contribution is 7.22. The van der Waals surface area contributed by atoms with Crippen LogP contribution in [0.15, 0.2) is 58.0 Å². The Morgan fingerprint density at radius 2 is 1.90 bits per heavy atom. The lowest BCUT2D eigenvalue weighted by Gasteiger charge is -2.10. The van der Waals surface area contributed by atoms with Crippen LogP contribution in [0, 0.1) is 13.8 Å². The second kappa shape index (κ2) is 6.47. The third kappa shape index (κ3) is 2.84. The monoisotopic (exact) mass is 422 g/mol. The van der Waals surface area contributed by atoms with Gasteiger partial charge < -0.3 is 14.1 Å². The lowest BCUT2D eigenvalue weighted by atomic mass is 10.0. The molecule has 0 aliphatic carbocycles. The van der Waals surface area contributed by atoms with E-state index in [9.17, 15) is 9.90 Å². The molecule has 0 radical (unpaired) electrons. The Kier molecular flexibility index (Phi) is 4.01. The molecule has 0 unspecified atom stereocenters. The van der Waals surface area contributed by atoms with Crippen molar-refractivity contribution in [3.8, 4) is 21.9 Å². The standard InChI is InChI=1S/C22H15ClN2O3S/c1-11-7-12(2)24-22-19(11)20(25-5-3-4-6-25)21(29-22)14-9-18(27)28-17-10-16(26)15(23)8-13(14)17/h3-10,26H,1-2H3. The minimum atomic E-state index is -0.494. The molecule has 4 aromatic heterocycles. The van der Waals surface area contributed by atoms with E-state index in [-0.39, 0.29) is 16.4 Å². The van der Waals surface area contributed by atoms with Gasteiger partial charge in [-0.2, -0.15) is 0 Å². The van der Waals surface area contributed by atoms with Crippen LogP contribution < -0.4 is 5.63 Å². The first-order valence-electron chi connectivity index (χ1n) is 8.93. The number of hydrogen-bond donors (Lipinski definition) is 1. The third-order valence-corrected chi connectivity index (χ3v) is 6.29. The number of fused-ring (bicyclic) bond motifs is 2. The number of thiophene rings is 1. The van der Waals surface area contributed by atoms with E-state index in [1.165, 1.54) is 23.5 Å². The molecule has 5 nitrogen and oxygen atoms in total. The summed E-state index contributed by atoms with van der Waals surface area (Å²) in [5.74, 6) is -0.130. The van der Waals surface area contributed by atoms with Gasteiger partial charge in [0.15, 0.2) is 0 Å². The van der Waals surface area contributed by atoms with Gasteiger partial charge in [-0.15, -0.1) is 11.3 Å². The number of aromatic hydroxyl groups is 1. The molecule has 5 rings (SSSR count). The van der Waals surface area contributed by atoms with Crippen molar-refractivity contribution in [3.05, 3.63) is 75.5 Å². The van der Waals surface area contributed by atoms with Gasteiger partial charge in [0.05, 0.1) is 15.6 Å². The summed E-state index contributed by atoms with van der Waals surface area (Å²) in [5.41, 5.74) is 3.49. The molecule has 5 aromatic rings. The van der Waals surface area contributed by atoms with Crippen LogP contribution in [-0.4, -0.2) is 14.7 Å². The first kappa shape index (κ1) is 18.0. The van der Waals surface area contributed by atoms with Crippen LogP contribution in [0.3, 0.4) is 0 Å². The van der Waals surface area contributed by atoms with Gasteiger partial charge >= 0.3 is 5.63 Å². The number of rotatable bonds is 2. The van der Waals surface area contributed by atoms with Crippen LogP contribution in [0.4, 0.5) is 0 Å². The molecule has 144 valence electrons. The predicted octanol–water partition coefficient (Wildman–Crippen LogP) is 5.84. The maximum Gasteiger partial charge on any atom is 0.336 e. The molecule has 4 heterocycles. The highest BCUT2D eigenvalue weighted by Gasteiger charge is 2.21. The van der Waals surface area contributed by atoms with Crippen LogP contribution in [0.1, 0.15) is 11.3 Å². The van der Waals surface area contributed by atoms with Crippen LogP contribution in [0.5, 0.6) is 5.75 Å². The van der Waals surface area contributed by atoms with Crippen molar-refractivity contribution in [2.24, 2.45) is 0 Å². The number of hydrogen-bond acceptors (Lipinski definition) is 5. The summed E-state index contributed by atoms with van der Waals surface area (Å²) in [5, 5.41) is 11.8. The molecule has 0 amide bonds. The minimum absolute atomic E-state index is 0.130. The fourth-order valence-electron chi connectivity index (χ4n) is 3.69. The van der Waals surface area contributed by atoms with Crippen molar-refractivity contribution in [1.29, 1.82) is 0 Å². The Labute approximate surface area is 174 Å². The average Bonchev–Trinajstić information content (AvgIpc) is 3.29. The summed E-state index contributed by atoms with van der Waals surface area (Å²) >= 11 is 7.69. The van der Waals surface area contributed by atoms with Gasteiger partial charge in [-0.3, -0.25) is 0 Å². The first-order chi connectivity index (χ1) is 13.9. The summed E-state index contributed by atoms with van der Waals surface area (Å²) < 4.78 is 7.34. The van der Waals surface area contributed by atoms with Crippen LogP contribution >= 0.6 is 22.9 Å². The molecule has 0 fully saturated rings. The number of phenols is 1. The van der Waals surface area contributed by atoms with Crippen molar-refractivity contribution in [1.82, 2.24) is 9.55 Å². The summed E-state index contributed by atoms with van der Waals surface area (Å²) in [4.78, 5) is 18.8. The van der Waals surface area contributed by atoms with E-state index in [1.807, 2.05) is 36.0 Å². The number of nitrogens with zero attached hydrogens (tertiary/aromatic N) is 2. The number of halogens is 1. The fourth-order valence-corrected chi connectivity index (χ4v) is 5.18. The molecule has 7 heteroatoms. The predicted molar refractivity (Wildman–Crippen MR) is 117 cm³/mol. The molecule has 0 atom stereocenters. The Hall–Kier alpha value is -3.09. The zero-order valence-electron chi connectivity index (χ0n) is 15.6. The van der Waals surface area contributed by atoms with E-state index < -0.39 is 5.63 Å². The largest absolute Gasteiger partial charge is 0.506 e. The summed E-state index contributed by atoms with van der Waals surface area (Å²) in [6, 6.07) is 10.4. The van der Waals surface area contributed by atoms with Crippen molar-refractivity contribution < 1.29 is 9.52 Å². The smallest absolute Gasteiger partial charge is 0.336 e. The SMILES string of the molecule is Cc1cc(C)c2c(-n3cccc3)c(-c3cc(=O)oc4cc(O)c(Cl)cc34)sc2n1. The molecule has 0 spiro atoms. The van der Waals surface area contributed by atoms with Gasteiger partial charge in [-0.1, -0.05) is 11.6 Å². The summed E-state index contributed by atoms with van der Waals surface area (Å²) in [6.07, 6.45) is 3.94. The second-order valence-corrected chi connectivity index (χ2v) is 8.32. The molecule has 0 saturated heterocycles. The van der Waals surface area contributed by atoms with Gasteiger partial charge in [0.1, 0.15) is 16.2 Å². The highest BCUT2D eigenvalue weighted by Crippen LogP contribution is 2.44. The lowest BCUT2D eigenvalue weighted by molar-refractivity contribution is 0.473. The molecule has 1 aromatic carbocycles. The minimum Gasteiger partial charge on any atom is -0.506 e. The Morgan fingerprint density at radius 1 is 1.14 bits per heavy atom. The number of aromatic nitrogens is 2. The van der Waals surface area contributed by atoms with Gasteiger partial charge in [0.25, 0.3) is 0 Å². The van der Waals surface area contributed by atoms with E-state index in [0.717, 1.165) is 32.0 Å². The molecule has 29 heavy (non-hydrogen) atoms. The quantitative estimate of drug-likeness (QED) is 0.363. The van der Waals surface area contributed by atoms with E-state index in [1.54, 1.807) is 6.07 Å². The fraction of sp³-hybridized carbons (Fsp3) is 0.0909. The number of benzene rings is 1. The number of pyridine rings is 1. The first-order valence-corrected chi connectivity index (χ1v) is 10.1. The van der Waals surface area contributed by atoms with E-state index in [2.05, 4.69) is 13.0 Å². The van der Waals surface area contributed by atoms with Crippen molar-refractivity contribution in [2.75, 3.05) is 0 Å². The number of phenolic OH excluding ortho intramolecular Hbond substituents is 1. The Morgan fingerprint density at radius 3 is 2.66 bits per heavy atom. The zero-order valence-corrected chi connectivity index (χ0v) is 17.1. The zero-order chi connectivity index (χ0) is 20.3. The van der Waals surface area contributed by atoms with Gasteiger partial charge in [-0.25, -0.2) is 9.78 Å². The highest BCUT2D eigenvalue weighted by atomic mass is 35.5. The van der Waals surface area contributed by atoms with Gasteiger partial charge in [-0.05, 0) is 43.7 Å². The number of aryl methyl sites for hydroxylation is 2. The molecule has 0 aliphatic heterocycles. The lowest BCUT2D eigenvalue weighted by Crippen LogP contribution is -1.99. The normalized spacial score (nSPS) is 11.6. The average molecular weight is 423 g/mol. The maximum atomic E-state index is 12.3. The summed E-state index contributed by atoms with van der Waals surface area (Å²) in [6.45, 7) is 4.03. The van der Waals surface area contributed by atoms with Crippen LogP contribution in [-0.2, 0) is 0 Å². The molecule has 1 N–H and O–H groups in total. The van der Waals surface area contributed by atoms with Crippen LogP contribution in [0.25, 0.3) is 37.3 Å². The van der Waals surface area contributed by atoms with Crippen molar-refractivity contribution >= 4 is 44.1 Å². The Bertz CT molecular complexity index is 1470.